The normalized spacial score (nSPS) is 10.6. The summed E-state index contributed by atoms with van der Waals surface area (Å²) in [5.41, 5.74) is 1.32. The number of benzene rings is 2. The van der Waals surface area contributed by atoms with E-state index in [9.17, 15) is 5.26 Å². The maximum atomic E-state index is 9.48. The van der Waals surface area contributed by atoms with Gasteiger partial charge in [-0.3, -0.25) is 0 Å². The van der Waals surface area contributed by atoms with E-state index in [0.29, 0.717) is 23.9 Å². The fraction of sp³-hybridized carbons (Fsp3) is 0.130. The Morgan fingerprint density at radius 2 is 1.80 bits per heavy atom. The Morgan fingerprint density at radius 1 is 1.03 bits per heavy atom. The third-order valence-electron chi connectivity index (χ3n) is 4.39. The molecule has 2 heterocycles. The summed E-state index contributed by atoms with van der Waals surface area (Å²) in [6, 6.07) is 23.2. The molecule has 7 heteroatoms. The number of aromatic nitrogens is 1. The maximum absolute atomic E-state index is 9.48. The molecule has 4 aromatic rings. The summed E-state index contributed by atoms with van der Waals surface area (Å²) in [4.78, 5) is 6.15. The van der Waals surface area contributed by atoms with Crippen LogP contribution < -0.4 is 9.64 Å². The Bertz CT molecular complexity index is 1160. The van der Waals surface area contributed by atoms with Gasteiger partial charge in [0.1, 0.15) is 24.2 Å². The molecule has 0 saturated heterocycles. The topological polar surface area (TPSA) is 75.4 Å². The highest BCUT2D eigenvalue weighted by molar-refractivity contribution is 9.10. The van der Waals surface area contributed by atoms with E-state index in [2.05, 4.69) is 27.0 Å². The number of oxazole rings is 1. The van der Waals surface area contributed by atoms with E-state index in [-0.39, 0.29) is 18.2 Å². The number of nitriles is 1. The molecule has 0 atom stereocenters. The first kappa shape index (κ1) is 19.8. The van der Waals surface area contributed by atoms with Crippen molar-refractivity contribution >= 4 is 21.8 Å². The summed E-state index contributed by atoms with van der Waals surface area (Å²) in [6.45, 7) is 0.864. The van der Waals surface area contributed by atoms with E-state index in [4.69, 9.17) is 13.6 Å². The number of furan rings is 1. The van der Waals surface area contributed by atoms with Crippen molar-refractivity contribution in [1.82, 2.24) is 4.98 Å². The van der Waals surface area contributed by atoms with Crippen LogP contribution in [0.3, 0.4) is 0 Å². The predicted octanol–water partition coefficient (Wildman–Crippen LogP) is 5.78. The van der Waals surface area contributed by atoms with E-state index >= 15 is 0 Å². The third-order valence-corrected chi connectivity index (χ3v) is 4.92. The molecule has 150 valence electrons. The van der Waals surface area contributed by atoms with Crippen LogP contribution in [0, 0.1) is 11.3 Å². The number of ether oxygens (including phenoxy) is 1. The summed E-state index contributed by atoms with van der Waals surface area (Å²) >= 11 is 3.40. The molecule has 2 aromatic carbocycles. The Labute approximate surface area is 182 Å². The molecule has 2 aromatic heterocycles. The van der Waals surface area contributed by atoms with Crippen LogP contribution >= 0.6 is 15.9 Å². The molecule has 4 rings (SSSR count). The fourth-order valence-corrected chi connectivity index (χ4v) is 3.20. The fourth-order valence-electron chi connectivity index (χ4n) is 2.93. The molecule has 0 aliphatic rings. The van der Waals surface area contributed by atoms with Crippen molar-refractivity contribution in [3.05, 3.63) is 88.2 Å². The molecule has 0 N–H and O–H groups in total. The van der Waals surface area contributed by atoms with E-state index < -0.39 is 0 Å². The number of halogens is 1. The quantitative estimate of drug-likeness (QED) is 0.345. The zero-order valence-corrected chi connectivity index (χ0v) is 17.8. The minimum absolute atomic E-state index is 0.215. The zero-order chi connectivity index (χ0) is 20.9. The molecule has 0 radical (unpaired) electrons. The SMILES string of the molecule is CN(Cc1ccccc1)c1oc(-c2ccc(COc3ccc(Br)cc3)o2)nc1C#N. The second kappa shape index (κ2) is 8.89. The predicted molar refractivity (Wildman–Crippen MR) is 116 cm³/mol. The van der Waals surface area contributed by atoms with Gasteiger partial charge in [-0.25, -0.2) is 0 Å². The second-order valence-electron chi connectivity index (χ2n) is 6.63. The standard InChI is InChI=1S/C23H18BrN3O3/c1-27(14-16-5-3-2-4-6-16)23-20(13-25)26-22(30-23)21-12-11-19(29-21)15-28-18-9-7-17(24)8-10-18/h2-12H,14-15H2,1H3. The Balaban J connectivity index is 1.48. The molecule has 0 aliphatic heterocycles. The minimum Gasteiger partial charge on any atom is -0.486 e. The first-order valence-corrected chi connectivity index (χ1v) is 10.0. The lowest BCUT2D eigenvalue weighted by molar-refractivity contribution is 0.271. The molecular weight excluding hydrogens is 446 g/mol. The Morgan fingerprint density at radius 3 is 2.53 bits per heavy atom. The van der Waals surface area contributed by atoms with Gasteiger partial charge in [0.15, 0.2) is 5.76 Å². The Hall–Kier alpha value is -3.50. The second-order valence-corrected chi connectivity index (χ2v) is 7.55. The van der Waals surface area contributed by atoms with E-state index in [1.807, 2.05) is 66.5 Å². The van der Waals surface area contributed by atoms with Crippen LogP contribution in [0.2, 0.25) is 0 Å². The average Bonchev–Trinajstić information content (AvgIpc) is 3.41. The summed E-state index contributed by atoms with van der Waals surface area (Å²) in [7, 11) is 1.86. The molecule has 30 heavy (non-hydrogen) atoms. The zero-order valence-electron chi connectivity index (χ0n) is 16.2. The third kappa shape index (κ3) is 4.56. The van der Waals surface area contributed by atoms with E-state index in [0.717, 1.165) is 15.8 Å². The monoisotopic (exact) mass is 463 g/mol. The van der Waals surface area contributed by atoms with Crippen LogP contribution in [0.25, 0.3) is 11.7 Å². The highest BCUT2D eigenvalue weighted by Gasteiger charge is 2.20. The van der Waals surface area contributed by atoms with Crippen molar-refractivity contribution in [3.63, 3.8) is 0 Å². The first-order chi connectivity index (χ1) is 14.6. The van der Waals surface area contributed by atoms with Gasteiger partial charge in [-0.2, -0.15) is 10.2 Å². The van der Waals surface area contributed by atoms with Crippen LogP contribution in [-0.2, 0) is 13.2 Å². The summed E-state index contributed by atoms with van der Waals surface area (Å²) in [6.07, 6.45) is 0. The van der Waals surface area contributed by atoms with Crippen LogP contribution in [0.1, 0.15) is 17.0 Å². The van der Waals surface area contributed by atoms with Gasteiger partial charge in [-0.05, 0) is 42.0 Å². The van der Waals surface area contributed by atoms with Crippen molar-refractivity contribution in [2.24, 2.45) is 0 Å². The van der Waals surface area contributed by atoms with E-state index in [1.54, 1.807) is 12.1 Å². The lowest BCUT2D eigenvalue weighted by Crippen LogP contribution is -2.16. The highest BCUT2D eigenvalue weighted by Crippen LogP contribution is 2.30. The van der Waals surface area contributed by atoms with Crippen LogP contribution in [0.5, 0.6) is 5.75 Å². The molecule has 6 nitrogen and oxygen atoms in total. The molecule has 0 unspecified atom stereocenters. The molecule has 0 fully saturated rings. The first-order valence-electron chi connectivity index (χ1n) is 9.26. The molecule has 0 saturated carbocycles. The van der Waals surface area contributed by atoms with E-state index in [1.165, 1.54) is 0 Å². The van der Waals surface area contributed by atoms with Crippen molar-refractivity contribution in [3.8, 4) is 23.5 Å². The average molecular weight is 464 g/mol. The van der Waals surface area contributed by atoms with Crippen molar-refractivity contribution in [2.45, 2.75) is 13.2 Å². The Kier molecular flexibility index (Phi) is 5.87. The number of hydrogen-bond acceptors (Lipinski definition) is 6. The molecular formula is C23H18BrN3O3. The molecule has 0 bridgehead atoms. The largest absolute Gasteiger partial charge is 0.486 e. The van der Waals surface area contributed by atoms with Crippen molar-refractivity contribution in [2.75, 3.05) is 11.9 Å². The van der Waals surface area contributed by atoms with Gasteiger partial charge >= 0.3 is 0 Å². The van der Waals surface area contributed by atoms with Crippen LogP contribution in [-0.4, -0.2) is 12.0 Å². The number of nitrogens with zero attached hydrogens (tertiary/aromatic N) is 3. The van der Waals surface area contributed by atoms with Gasteiger partial charge in [-0.15, -0.1) is 0 Å². The van der Waals surface area contributed by atoms with Gasteiger partial charge in [0, 0.05) is 18.1 Å². The maximum Gasteiger partial charge on any atom is 0.266 e. The van der Waals surface area contributed by atoms with Crippen molar-refractivity contribution in [1.29, 1.82) is 5.26 Å². The lowest BCUT2D eigenvalue weighted by atomic mass is 10.2. The van der Waals surface area contributed by atoms with Gasteiger partial charge in [0.25, 0.3) is 5.89 Å². The highest BCUT2D eigenvalue weighted by atomic mass is 79.9. The number of rotatable bonds is 7. The van der Waals surface area contributed by atoms with Crippen molar-refractivity contribution < 1.29 is 13.6 Å². The summed E-state index contributed by atoms with van der Waals surface area (Å²) in [5.74, 6) is 2.48. The van der Waals surface area contributed by atoms with Gasteiger partial charge in [0.2, 0.25) is 11.6 Å². The van der Waals surface area contributed by atoms with Gasteiger partial charge in [0.05, 0.1) is 0 Å². The minimum atomic E-state index is 0.215. The smallest absolute Gasteiger partial charge is 0.266 e. The number of anilines is 1. The van der Waals surface area contributed by atoms with Crippen LogP contribution in [0.4, 0.5) is 5.88 Å². The number of hydrogen-bond donors (Lipinski definition) is 0. The van der Waals surface area contributed by atoms with Crippen LogP contribution in [0.15, 0.2) is 80.0 Å². The van der Waals surface area contributed by atoms with Gasteiger partial charge < -0.3 is 18.5 Å². The summed E-state index contributed by atoms with van der Waals surface area (Å²) < 4.78 is 18.4. The summed E-state index contributed by atoms with van der Waals surface area (Å²) in [5, 5.41) is 9.48. The lowest BCUT2D eigenvalue weighted by Gasteiger charge is -2.15. The van der Waals surface area contributed by atoms with Gasteiger partial charge in [-0.1, -0.05) is 46.3 Å². The molecule has 0 amide bonds. The molecule has 0 aliphatic carbocycles. The molecule has 0 spiro atoms.